The lowest BCUT2D eigenvalue weighted by atomic mass is 10.1. The minimum Gasteiger partial charge on any atom is -0.398 e. The van der Waals surface area contributed by atoms with Crippen LogP contribution in [0.4, 0.5) is 15.8 Å². The van der Waals surface area contributed by atoms with E-state index in [1.807, 2.05) is 13.8 Å². The van der Waals surface area contributed by atoms with Gasteiger partial charge in [-0.3, -0.25) is 4.79 Å². The standard InChI is InChI=1S/C12H18FN3O2/c1-3-18-7(2)6-16-11-4-8(12(15)17)10(14)5-9(11)13/h4-5,7,16H,3,6,14H2,1-2H3,(H2,15,17). The molecule has 18 heavy (non-hydrogen) atoms. The number of nitrogens with one attached hydrogen (secondary N) is 1. The number of benzene rings is 1. The van der Waals surface area contributed by atoms with Crippen molar-refractivity contribution in [3.63, 3.8) is 0 Å². The van der Waals surface area contributed by atoms with Gasteiger partial charge in [0.25, 0.3) is 5.91 Å². The highest BCUT2D eigenvalue weighted by molar-refractivity contribution is 5.99. The van der Waals surface area contributed by atoms with Crippen LogP contribution < -0.4 is 16.8 Å². The van der Waals surface area contributed by atoms with Crippen LogP contribution in [0.3, 0.4) is 0 Å². The second kappa shape index (κ2) is 6.20. The molecule has 0 saturated heterocycles. The predicted molar refractivity (Wildman–Crippen MR) is 68.9 cm³/mol. The zero-order chi connectivity index (χ0) is 13.7. The fourth-order valence-electron chi connectivity index (χ4n) is 1.53. The van der Waals surface area contributed by atoms with Gasteiger partial charge in [0.2, 0.25) is 0 Å². The number of anilines is 2. The average Bonchev–Trinajstić information content (AvgIpc) is 2.27. The third-order valence-corrected chi connectivity index (χ3v) is 2.44. The molecule has 0 aliphatic heterocycles. The van der Waals surface area contributed by atoms with Gasteiger partial charge in [0.15, 0.2) is 0 Å². The maximum Gasteiger partial charge on any atom is 0.250 e. The molecule has 1 amide bonds. The first-order valence-corrected chi connectivity index (χ1v) is 5.70. The third-order valence-electron chi connectivity index (χ3n) is 2.44. The van der Waals surface area contributed by atoms with Gasteiger partial charge in [-0.15, -0.1) is 0 Å². The van der Waals surface area contributed by atoms with Gasteiger partial charge in [-0.1, -0.05) is 0 Å². The molecule has 1 atom stereocenters. The summed E-state index contributed by atoms with van der Waals surface area (Å²) in [5.74, 6) is -1.21. The molecule has 0 aromatic heterocycles. The summed E-state index contributed by atoms with van der Waals surface area (Å²) in [6, 6.07) is 2.39. The maximum atomic E-state index is 13.6. The number of carbonyl (C=O) groups excluding carboxylic acids is 1. The zero-order valence-electron chi connectivity index (χ0n) is 10.5. The molecule has 0 aliphatic carbocycles. The summed E-state index contributed by atoms with van der Waals surface area (Å²) in [5, 5.41) is 2.86. The van der Waals surface area contributed by atoms with Crippen molar-refractivity contribution in [3.8, 4) is 0 Å². The van der Waals surface area contributed by atoms with Gasteiger partial charge in [0.1, 0.15) is 5.82 Å². The first-order valence-electron chi connectivity index (χ1n) is 5.70. The summed E-state index contributed by atoms with van der Waals surface area (Å²) in [6.07, 6.45) is -0.0658. The summed E-state index contributed by atoms with van der Waals surface area (Å²) in [6.45, 7) is 4.75. The van der Waals surface area contributed by atoms with Crippen molar-refractivity contribution in [2.45, 2.75) is 20.0 Å². The Morgan fingerprint density at radius 3 is 2.78 bits per heavy atom. The molecule has 5 N–H and O–H groups in total. The van der Waals surface area contributed by atoms with E-state index >= 15 is 0 Å². The zero-order valence-corrected chi connectivity index (χ0v) is 10.5. The van der Waals surface area contributed by atoms with E-state index in [0.29, 0.717) is 13.2 Å². The lowest BCUT2D eigenvalue weighted by Gasteiger charge is -2.15. The summed E-state index contributed by atoms with van der Waals surface area (Å²) >= 11 is 0. The molecular formula is C12H18FN3O2. The predicted octanol–water partition coefficient (Wildman–Crippen LogP) is 1.34. The SMILES string of the molecule is CCOC(C)CNc1cc(C(N)=O)c(N)cc1F. The second-order valence-electron chi connectivity index (χ2n) is 3.93. The Hall–Kier alpha value is -1.82. The Balaban J connectivity index is 2.82. The Morgan fingerprint density at radius 1 is 1.56 bits per heavy atom. The van der Waals surface area contributed by atoms with E-state index in [9.17, 15) is 9.18 Å². The molecule has 100 valence electrons. The topological polar surface area (TPSA) is 90.4 Å². The normalized spacial score (nSPS) is 12.2. The Kier molecular flexibility index (Phi) is 4.91. The fraction of sp³-hybridized carbons (Fsp3) is 0.417. The molecule has 1 rings (SSSR count). The van der Waals surface area contributed by atoms with Gasteiger partial charge in [-0.05, 0) is 26.0 Å². The van der Waals surface area contributed by atoms with Crippen LogP contribution >= 0.6 is 0 Å². The molecule has 0 heterocycles. The number of rotatable bonds is 6. The van der Waals surface area contributed by atoms with Crippen molar-refractivity contribution >= 4 is 17.3 Å². The molecule has 0 bridgehead atoms. The first kappa shape index (κ1) is 14.2. The molecule has 1 aromatic rings. The van der Waals surface area contributed by atoms with Crippen LogP contribution in [0, 0.1) is 5.82 Å². The van der Waals surface area contributed by atoms with Crippen LogP contribution in [0.2, 0.25) is 0 Å². The summed E-state index contributed by atoms with van der Waals surface area (Å²) in [4.78, 5) is 11.1. The van der Waals surface area contributed by atoms with Crippen molar-refractivity contribution in [3.05, 3.63) is 23.5 Å². The number of hydrogen-bond donors (Lipinski definition) is 3. The van der Waals surface area contributed by atoms with E-state index in [2.05, 4.69) is 5.32 Å². The molecule has 0 spiro atoms. The van der Waals surface area contributed by atoms with E-state index < -0.39 is 11.7 Å². The van der Waals surface area contributed by atoms with Crippen LogP contribution in [0.5, 0.6) is 0 Å². The summed E-state index contributed by atoms with van der Waals surface area (Å²) < 4.78 is 18.9. The quantitative estimate of drug-likeness (QED) is 0.669. The number of carbonyl (C=O) groups is 1. The smallest absolute Gasteiger partial charge is 0.250 e. The number of amides is 1. The number of ether oxygens (including phenoxy) is 1. The molecule has 5 nitrogen and oxygen atoms in total. The first-order chi connectivity index (χ1) is 8.45. The second-order valence-corrected chi connectivity index (χ2v) is 3.93. The molecule has 1 aromatic carbocycles. The van der Waals surface area contributed by atoms with Gasteiger partial charge in [-0.2, -0.15) is 0 Å². The number of primary amides is 1. The summed E-state index contributed by atoms with van der Waals surface area (Å²) in [7, 11) is 0. The molecule has 0 aliphatic rings. The van der Waals surface area contributed by atoms with Crippen LogP contribution in [0.1, 0.15) is 24.2 Å². The highest BCUT2D eigenvalue weighted by Crippen LogP contribution is 2.21. The van der Waals surface area contributed by atoms with E-state index in [4.69, 9.17) is 16.2 Å². The number of hydrogen-bond acceptors (Lipinski definition) is 4. The number of nitrogen functional groups attached to an aromatic ring is 1. The molecule has 1 unspecified atom stereocenters. The monoisotopic (exact) mass is 255 g/mol. The van der Waals surface area contributed by atoms with Crippen molar-refractivity contribution in [2.24, 2.45) is 5.73 Å². The molecule has 0 saturated carbocycles. The molecular weight excluding hydrogens is 237 g/mol. The van der Waals surface area contributed by atoms with Crippen molar-refractivity contribution in [1.29, 1.82) is 0 Å². The molecule has 6 heteroatoms. The van der Waals surface area contributed by atoms with Gasteiger partial charge in [-0.25, -0.2) is 4.39 Å². The largest absolute Gasteiger partial charge is 0.398 e. The molecule has 0 fully saturated rings. The van der Waals surface area contributed by atoms with Crippen LogP contribution in [-0.2, 0) is 4.74 Å². The van der Waals surface area contributed by atoms with Gasteiger partial charge in [0, 0.05) is 18.8 Å². The van der Waals surface area contributed by atoms with Crippen LogP contribution in [0.25, 0.3) is 0 Å². The maximum absolute atomic E-state index is 13.6. The van der Waals surface area contributed by atoms with E-state index in [1.165, 1.54) is 6.07 Å². The highest BCUT2D eigenvalue weighted by atomic mass is 19.1. The van der Waals surface area contributed by atoms with E-state index in [1.54, 1.807) is 0 Å². The Labute approximate surface area is 105 Å². The summed E-state index contributed by atoms with van der Waals surface area (Å²) in [5.41, 5.74) is 11.0. The fourth-order valence-corrected chi connectivity index (χ4v) is 1.53. The highest BCUT2D eigenvalue weighted by Gasteiger charge is 2.12. The number of nitrogens with two attached hydrogens (primary N) is 2. The lowest BCUT2D eigenvalue weighted by molar-refractivity contribution is 0.0855. The van der Waals surface area contributed by atoms with Crippen molar-refractivity contribution < 1.29 is 13.9 Å². The van der Waals surface area contributed by atoms with Gasteiger partial charge in [0.05, 0.1) is 17.4 Å². The van der Waals surface area contributed by atoms with Crippen LogP contribution in [0.15, 0.2) is 12.1 Å². The number of halogens is 1. The Bertz CT molecular complexity index is 438. The van der Waals surface area contributed by atoms with Crippen molar-refractivity contribution in [1.82, 2.24) is 0 Å². The van der Waals surface area contributed by atoms with E-state index in [0.717, 1.165) is 6.07 Å². The average molecular weight is 255 g/mol. The lowest BCUT2D eigenvalue weighted by Crippen LogP contribution is -2.21. The van der Waals surface area contributed by atoms with Gasteiger partial charge >= 0.3 is 0 Å². The van der Waals surface area contributed by atoms with Crippen molar-refractivity contribution in [2.75, 3.05) is 24.2 Å². The minimum absolute atomic E-state index is 0.0309. The van der Waals surface area contributed by atoms with Gasteiger partial charge < -0.3 is 21.5 Å². The van der Waals surface area contributed by atoms with Crippen LogP contribution in [-0.4, -0.2) is 25.2 Å². The minimum atomic E-state index is -0.687. The molecule has 0 radical (unpaired) electrons. The van der Waals surface area contributed by atoms with E-state index in [-0.39, 0.29) is 23.0 Å². The third kappa shape index (κ3) is 3.59. The Morgan fingerprint density at radius 2 is 2.22 bits per heavy atom.